The van der Waals surface area contributed by atoms with Crippen LogP contribution in [0.5, 0.6) is 0 Å². The van der Waals surface area contributed by atoms with Gasteiger partial charge >= 0.3 is 6.18 Å². The van der Waals surface area contributed by atoms with E-state index in [9.17, 15) is 13.2 Å². The lowest BCUT2D eigenvalue weighted by molar-refractivity contribution is -0.0965. The Kier molecular flexibility index (Phi) is 3.59. The summed E-state index contributed by atoms with van der Waals surface area (Å²) >= 11 is 0. The third-order valence-corrected chi connectivity index (χ3v) is 1.09. The van der Waals surface area contributed by atoms with Gasteiger partial charge < -0.3 is 11.1 Å². The average molecular weight is 181 g/mol. The highest BCUT2D eigenvalue weighted by atomic mass is 19.4. The Hall–Kier alpha value is -1.20. The van der Waals surface area contributed by atoms with Crippen molar-refractivity contribution in [2.24, 2.45) is 10.7 Å². The van der Waals surface area contributed by atoms with Gasteiger partial charge in [-0.1, -0.05) is 0 Å². The Morgan fingerprint density at radius 3 is 2.25 bits per heavy atom. The van der Waals surface area contributed by atoms with E-state index in [4.69, 9.17) is 5.73 Å². The van der Waals surface area contributed by atoms with Crippen molar-refractivity contribution in [1.29, 1.82) is 0 Å². The molecule has 0 aliphatic carbocycles. The molecule has 0 aliphatic heterocycles. The minimum Gasteiger partial charge on any atom is -0.396 e. The van der Waals surface area contributed by atoms with Gasteiger partial charge in [0, 0.05) is 20.3 Å². The molecule has 0 atom stereocenters. The first-order chi connectivity index (χ1) is 5.43. The van der Waals surface area contributed by atoms with Gasteiger partial charge in [-0.3, -0.25) is 4.99 Å². The largest absolute Gasteiger partial charge is 0.432 e. The van der Waals surface area contributed by atoms with Crippen molar-refractivity contribution >= 4 is 6.21 Å². The zero-order valence-corrected chi connectivity index (χ0v) is 6.74. The summed E-state index contributed by atoms with van der Waals surface area (Å²) in [6, 6.07) is 0. The van der Waals surface area contributed by atoms with Crippen LogP contribution < -0.4 is 11.1 Å². The van der Waals surface area contributed by atoms with Crippen LogP contribution in [0.4, 0.5) is 13.2 Å². The molecule has 0 amide bonds. The fraction of sp³-hybridized carbons (Fsp3) is 0.500. The summed E-state index contributed by atoms with van der Waals surface area (Å²) < 4.78 is 36.1. The van der Waals surface area contributed by atoms with Gasteiger partial charge in [-0.15, -0.1) is 0 Å². The summed E-state index contributed by atoms with van der Waals surface area (Å²) in [6.07, 6.45) is -3.51. The Morgan fingerprint density at radius 1 is 1.50 bits per heavy atom. The molecule has 0 aliphatic rings. The molecule has 0 radical (unpaired) electrons. The first kappa shape index (κ1) is 10.8. The molecular weight excluding hydrogens is 171 g/mol. The van der Waals surface area contributed by atoms with E-state index in [2.05, 4.69) is 4.99 Å². The van der Waals surface area contributed by atoms with E-state index in [-0.39, 0.29) is 0 Å². The number of rotatable bonds is 2. The second-order valence-corrected chi connectivity index (χ2v) is 1.97. The molecule has 3 nitrogen and oxygen atoms in total. The summed E-state index contributed by atoms with van der Waals surface area (Å²) in [5, 5.41) is 1.96. The zero-order chi connectivity index (χ0) is 9.78. The second-order valence-electron chi connectivity index (χ2n) is 1.97. The lowest BCUT2D eigenvalue weighted by atomic mass is 10.3. The van der Waals surface area contributed by atoms with Crippen LogP contribution in [0.3, 0.4) is 0 Å². The normalized spacial score (nSPS) is 14.8. The fourth-order valence-electron chi connectivity index (χ4n) is 0.653. The van der Waals surface area contributed by atoms with Gasteiger partial charge in [0.05, 0.1) is 5.70 Å². The SMILES string of the molecule is CN=CC(N)=C(NC)C(F)(F)F. The van der Waals surface area contributed by atoms with Crippen LogP contribution in [0.2, 0.25) is 0 Å². The number of nitrogens with one attached hydrogen (secondary N) is 1. The molecular formula is C6H10F3N3. The van der Waals surface area contributed by atoms with Crippen molar-refractivity contribution in [3.8, 4) is 0 Å². The number of allylic oxidation sites excluding steroid dienone is 2. The summed E-state index contributed by atoms with van der Waals surface area (Å²) in [6.45, 7) is 0. The molecule has 70 valence electrons. The molecule has 0 bridgehead atoms. The number of nitrogens with two attached hydrogens (primary N) is 1. The molecule has 6 heteroatoms. The van der Waals surface area contributed by atoms with Gasteiger partial charge in [0.2, 0.25) is 0 Å². The van der Waals surface area contributed by atoms with Crippen LogP contribution in [0.1, 0.15) is 0 Å². The highest BCUT2D eigenvalue weighted by Gasteiger charge is 2.34. The van der Waals surface area contributed by atoms with Gasteiger partial charge in [0.1, 0.15) is 5.70 Å². The Balaban J connectivity index is 4.86. The first-order valence-corrected chi connectivity index (χ1v) is 3.10. The molecule has 0 aromatic rings. The zero-order valence-electron chi connectivity index (χ0n) is 6.74. The summed E-state index contributed by atoms with van der Waals surface area (Å²) in [5.41, 5.74) is 3.67. The number of aliphatic imine (C=N–C) groups is 1. The average Bonchev–Trinajstić information content (AvgIpc) is 1.85. The quantitative estimate of drug-likeness (QED) is 0.614. The lowest BCUT2D eigenvalue weighted by Crippen LogP contribution is -2.28. The van der Waals surface area contributed by atoms with Crippen molar-refractivity contribution in [1.82, 2.24) is 5.32 Å². The van der Waals surface area contributed by atoms with Gasteiger partial charge in [-0.2, -0.15) is 13.2 Å². The summed E-state index contributed by atoms with van der Waals surface area (Å²) in [5.74, 6) is 0. The topological polar surface area (TPSA) is 50.4 Å². The maximum atomic E-state index is 12.0. The minimum absolute atomic E-state index is 0.424. The highest BCUT2D eigenvalue weighted by Crippen LogP contribution is 2.23. The maximum Gasteiger partial charge on any atom is 0.432 e. The molecule has 0 aromatic carbocycles. The molecule has 0 saturated heterocycles. The van der Waals surface area contributed by atoms with E-state index in [0.717, 1.165) is 13.3 Å². The van der Waals surface area contributed by atoms with Crippen molar-refractivity contribution in [2.75, 3.05) is 14.1 Å². The molecule has 3 N–H and O–H groups in total. The van der Waals surface area contributed by atoms with E-state index in [0.29, 0.717) is 0 Å². The third-order valence-electron chi connectivity index (χ3n) is 1.09. The van der Waals surface area contributed by atoms with E-state index in [1.165, 1.54) is 7.05 Å². The fourth-order valence-corrected chi connectivity index (χ4v) is 0.653. The molecule has 0 aromatic heterocycles. The van der Waals surface area contributed by atoms with Crippen LogP contribution in [0, 0.1) is 0 Å². The van der Waals surface area contributed by atoms with Gasteiger partial charge in [-0.05, 0) is 0 Å². The minimum atomic E-state index is -4.46. The molecule has 0 saturated carbocycles. The maximum absolute atomic E-state index is 12.0. The molecule has 0 heterocycles. The molecule has 0 fully saturated rings. The molecule has 12 heavy (non-hydrogen) atoms. The molecule has 0 unspecified atom stereocenters. The molecule has 0 rings (SSSR count). The lowest BCUT2D eigenvalue weighted by Gasteiger charge is -2.11. The van der Waals surface area contributed by atoms with Crippen LogP contribution in [0.25, 0.3) is 0 Å². The standard InChI is InChI=1S/C6H10F3N3/c1-11-3-4(10)5(12-2)6(7,8)9/h3,12H,10H2,1-2H3. The predicted octanol–water partition coefficient (Wildman–Crippen LogP) is 0.639. The van der Waals surface area contributed by atoms with Gasteiger partial charge in [0.25, 0.3) is 0 Å². The van der Waals surface area contributed by atoms with Crippen LogP contribution >= 0.6 is 0 Å². The summed E-state index contributed by atoms with van der Waals surface area (Å²) in [7, 11) is 2.50. The molecule has 0 spiro atoms. The smallest absolute Gasteiger partial charge is 0.396 e. The van der Waals surface area contributed by atoms with E-state index < -0.39 is 17.6 Å². The van der Waals surface area contributed by atoms with E-state index >= 15 is 0 Å². The number of hydrogen-bond donors (Lipinski definition) is 2. The van der Waals surface area contributed by atoms with Crippen molar-refractivity contribution in [3.05, 3.63) is 11.4 Å². The Morgan fingerprint density at radius 2 is 2.00 bits per heavy atom. The number of halogens is 3. The van der Waals surface area contributed by atoms with E-state index in [1.54, 1.807) is 0 Å². The summed E-state index contributed by atoms with van der Waals surface area (Å²) in [4.78, 5) is 3.37. The Labute approximate surface area is 68.2 Å². The Bertz CT molecular complexity index is 205. The third kappa shape index (κ3) is 2.81. The number of alkyl halides is 3. The van der Waals surface area contributed by atoms with Crippen LogP contribution in [-0.2, 0) is 0 Å². The van der Waals surface area contributed by atoms with E-state index in [1.807, 2.05) is 5.32 Å². The van der Waals surface area contributed by atoms with Crippen molar-refractivity contribution < 1.29 is 13.2 Å². The van der Waals surface area contributed by atoms with Crippen molar-refractivity contribution in [2.45, 2.75) is 6.18 Å². The highest BCUT2D eigenvalue weighted by molar-refractivity contribution is 5.78. The van der Waals surface area contributed by atoms with Crippen molar-refractivity contribution in [3.63, 3.8) is 0 Å². The first-order valence-electron chi connectivity index (χ1n) is 3.10. The second kappa shape index (κ2) is 3.99. The van der Waals surface area contributed by atoms with Gasteiger partial charge in [-0.25, -0.2) is 0 Å². The monoisotopic (exact) mass is 181 g/mol. The van der Waals surface area contributed by atoms with Crippen LogP contribution in [0.15, 0.2) is 16.4 Å². The van der Waals surface area contributed by atoms with Gasteiger partial charge in [0.15, 0.2) is 0 Å². The van der Waals surface area contributed by atoms with Crippen LogP contribution in [-0.4, -0.2) is 26.5 Å². The number of nitrogens with zero attached hydrogens (tertiary/aromatic N) is 1. The predicted molar refractivity (Wildman–Crippen MR) is 40.7 cm³/mol. The number of hydrogen-bond acceptors (Lipinski definition) is 3.